The minimum absolute atomic E-state index is 0.269. The second-order valence-corrected chi connectivity index (χ2v) is 6.26. The summed E-state index contributed by atoms with van der Waals surface area (Å²) in [5.41, 5.74) is 0. The van der Waals surface area contributed by atoms with Gasteiger partial charge in [0.1, 0.15) is 24.4 Å². The van der Waals surface area contributed by atoms with Crippen LogP contribution in [0.15, 0.2) is 12.2 Å². The van der Waals surface area contributed by atoms with Crippen LogP contribution in [0.2, 0.25) is 0 Å². The molecule has 1 aliphatic heterocycles. The molecule has 0 unspecified atom stereocenters. The van der Waals surface area contributed by atoms with Gasteiger partial charge in [0.25, 0.3) is 0 Å². The fourth-order valence-corrected chi connectivity index (χ4v) is 2.71. The molecule has 0 bridgehead atoms. The van der Waals surface area contributed by atoms with Crippen molar-refractivity contribution in [3.8, 4) is 0 Å². The summed E-state index contributed by atoms with van der Waals surface area (Å²) in [7, 11) is 0. The van der Waals surface area contributed by atoms with Gasteiger partial charge < -0.3 is 24.8 Å². The molecule has 1 rings (SSSR count). The van der Waals surface area contributed by atoms with E-state index in [1.807, 2.05) is 0 Å². The summed E-state index contributed by atoms with van der Waals surface area (Å²) < 4.78 is 10.9. The van der Waals surface area contributed by atoms with Crippen LogP contribution in [-0.4, -0.2) is 59.6 Å². The maximum Gasteiger partial charge on any atom is 0.114 e. The highest BCUT2D eigenvalue weighted by Crippen LogP contribution is 2.20. The van der Waals surface area contributed by atoms with E-state index in [4.69, 9.17) is 14.6 Å². The predicted molar refractivity (Wildman–Crippen MR) is 90.3 cm³/mol. The second kappa shape index (κ2) is 12.9. The number of hydrogen-bond acceptors (Lipinski definition) is 5. The first-order valence-electron chi connectivity index (χ1n) is 9.05. The minimum atomic E-state index is -1.05. The number of hydrogen-bond donors (Lipinski definition) is 3. The fraction of sp³-hybridized carbons (Fsp3) is 0.889. The maximum atomic E-state index is 9.98. The number of unbranched alkanes of at least 4 members (excludes halogenated alkanes) is 6. The zero-order valence-corrected chi connectivity index (χ0v) is 14.4. The highest BCUT2D eigenvalue weighted by molar-refractivity contribution is 4.88. The molecule has 0 aliphatic carbocycles. The quantitative estimate of drug-likeness (QED) is 0.356. The predicted octanol–water partition coefficient (Wildman–Crippen LogP) is 2.18. The topological polar surface area (TPSA) is 79.2 Å². The second-order valence-electron chi connectivity index (χ2n) is 6.26. The molecule has 4 atom stereocenters. The largest absolute Gasteiger partial charge is 0.394 e. The van der Waals surface area contributed by atoms with Gasteiger partial charge in [-0.2, -0.15) is 0 Å². The van der Waals surface area contributed by atoms with Crippen LogP contribution < -0.4 is 0 Å². The third-order valence-electron chi connectivity index (χ3n) is 4.22. The summed E-state index contributed by atoms with van der Waals surface area (Å²) in [6.07, 6.45) is 10.9. The number of aliphatic hydroxyl groups excluding tert-OH is 3. The van der Waals surface area contributed by atoms with Crippen molar-refractivity contribution < 1.29 is 24.8 Å². The van der Waals surface area contributed by atoms with Crippen molar-refractivity contribution in [2.24, 2.45) is 0 Å². The van der Waals surface area contributed by atoms with Gasteiger partial charge in [0.05, 0.1) is 13.2 Å². The van der Waals surface area contributed by atoms with Crippen LogP contribution in [0.1, 0.15) is 58.3 Å². The molecule has 136 valence electrons. The third kappa shape index (κ3) is 8.27. The van der Waals surface area contributed by atoms with Crippen molar-refractivity contribution in [3.05, 3.63) is 12.2 Å². The number of rotatable bonds is 13. The molecule has 1 heterocycles. The van der Waals surface area contributed by atoms with Gasteiger partial charge in [-0.15, -0.1) is 0 Å². The fourth-order valence-electron chi connectivity index (χ4n) is 2.71. The number of ether oxygens (including phenoxy) is 2. The Morgan fingerprint density at radius 1 is 1.13 bits per heavy atom. The Kier molecular flexibility index (Phi) is 11.5. The van der Waals surface area contributed by atoms with E-state index in [-0.39, 0.29) is 6.61 Å². The smallest absolute Gasteiger partial charge is 0.114 e. The lowest BCUT2D eigenvalue weighted by Gasteiger charge is -2.20. The summed E-state index contributed by atoms with van der Waals surface area (Å²) in [5.74, 6) is 0. The van der Waals surface area contributed by atoms with Crippen LogP contribution >= 0.6 is 0 Å². The molecule has 3 N–H and O–H groups in total. The molecule has 5 heteroatoms. The highest BCUT2D eigenvalue weighted by atomic mass is 16.6. The Morgan fingerprint density at radius 2 is 1.83 bits per heavy atom. The van der Waals surface area contributed by atoms with Gasteiger partial charge in [0.2, 0.25) is 0 Å². The SMILES string of the molecule is CCCC/C=C/CCCCCCO[C@H]1CO[C@@H]([C@H](O)CO)[C@H]1O. The monoisotopic (exact) mass is 330 g/mol. The van der Waals surface area contributed by atoms with Gasteiger partial charge in [0.15, 0.2) is 0 Å². The number of aliphatic hydroxyl groups is 3. The number of allylic oxidation sites excluding steroid dienone is 2. The summed E-state index contributed by atoms with van der Waals surface area (Å²) >= 11 is 0. The van der Waals surface area contributed by atoms with Gasteiger partial charge in [0, 0.05) is 6.61 Å². The van der Waals surface area contributed by atoms with E-state index in [0.29, 0.717) is 6.61 Å². The Morgan fingerprint density at radius 3 is 2.52 bits per heavy atom. The average Bonchev–Trinajstić information content (AvgIpc) is 2.93. The Labute approximate surface area is 140 Å². The molecule has 0 radical (unpaired) electrons. The summed E-state index contributed by atoms with van der Waals surface area (Å²) in [5, 5.41) is 28.4. The molecule has 0 spiro atoms. The van der Waals surface area contributed by atoms with Crippen molar-refractivity contribution >= 4 is 0 Å². The molecule has 1 fully saturated rings. The van der Waals surface area contributed by atoms with Crippen LogP contribution in [0.25, 0.3) is 0 Å². The maximum absolute atomic E-state index is 9.98. The lowest BCUT2D eigenvalue weighted by molar-refractivity contribution is -0.0730. The van der Waals surface area contributed by atoms with Crippen molar-refractivity contribution in [1.29, 1.82) is 0 Å². The molecule has 0 amide bonds. The van der Waals surface area contributed by atoms with Crippen molar-refractivity contribution in [3.63, 3.8) is 0 Å². The van der Waals surface area contributed by atoms with E-state index < -0.39 is 31.0 Å². The first kappa shape index (κ1) is 20.6. The zero-order chi connectivity index (χ0) is 16.9. The normalized spacial score (nSPS) is 26.2. The van der Waals surface area contributed by atoms with E-state index in [2.05, 4.69) is 19.1 Å². The molecular weight excluding hydrogens is 296 g/mol. The van der Waals surface area contributed by atoms with Crippen LogP contribution in [0, 0.1) is 0 Å². The van der Waals surface area contributed by atoms with Crippen LogP contribution in [0.4, 0.5) is 0 Å². The average molecular weight is 330 g/mol. The first-order valence-corrected chi connectivity index (χ1v) is 9.05. The minimum Gasteiger partial charge on any atom is -0.394 e. The summed E-state index contributed by atoms with van der Waals surface area (Å²) in [6.45, 7) is 2.66. The van der Waals surface area contributed by atoms with Gasteiger partial charge in [-0.1, -0.05) is 44.8 Å². The van der Waals surface area contributed by atoms with Crippen molar-refractivity contribution in [2.45, 2.75) is 82.7 Å². The van der Waals surface area contributed by atoms with Crippen LogP contribution in [-0.2, 0) is 9.47 Å². The molecule has 23 heavy (non-hydrogen) atoms. The lowest BCUT2D eigenvalue weighted by Crippen LogP contribution is -2.41. The molecule has 0 saturated carbocycles. The molecule has 0 aromatic rings. The first-order chi connectivity index (χ1) is 11.2. The van der Waals surface area contributed by atoms with Gasteiger partial charge in [-0.25, -0.2) is 0 Å². The van der Waals surface area contributed by atoms with E-state index >= 15 is 0 Å². The standard InChI is InChI=1S/C18H34O5/c1-2-3-4-5-6-7-8-9-10-11-12-22-16-14-23-18(17(16)21)15(20)13-19/h5-6,15-21H,2-4,7-14H2,1H3/b6-5+/t15-,16+,17+,18+/m1/s1. The molecule has 0 aromatic heterocycles. The van der Waals surface area contributed by atoms with Crippen molar-refractivity contribution in [1.82, 2.24) is 0 Å². The molecule has 5 nitrogen and oxygen atoms in total. The summed E-state index contributed by atoms with van der Waals surface area (Å²) in [6, 6.07) is 0. The molecule has 1 aliphatic rings. The lowest BCUT2D eigenvalue weighted by atomic mass is 10.1. The van der Waals surface area contributed by atoms with E-state index in [1.54, 1.807) is 0 Å². The third-order valence-corrected chi connectivity index (χ3v) is 4.22. The highest BCUT2D eigenvalue weighted by Gasteiger charge is 2.40. The van der Waals surface area contributed by atoms with Crippen molar-refractivity contribution in [2.75, 3.05) is 19.8 Å². The van der Waals surface area contributed by atoms with Crippen LogP contribution in [0.3, 0.4) is 0 Å². The Balaban J connectivity index is 1.96. The van der Waals surface area contributed by atoms with E-state index in [1.165, 1.54) is 32.1 Å². The Hall–Kier alpha value is -0.460. The molecule has 0 aromatic carbocycles. The Bertz CT molecular complexity index is 308. The van der Waals surface area contributed by atoms with Gasteiger partial charge in [-0.3, -0.25) is 0 Å². The van der Waals surface area contributed by atoms with Crippen LogP contribution in [0.5, 0.6) is 0 Å². The van der Waals surface area contributed by atoms with E-state index in [0.717, 1.165) is 19.3 Å². The zero-order valence-electron chi connectivity index (χ0n) is 14.4. The van der Waals surface area contributed by atoms with E-state index in [9.17, 15) is 10.2 Å². The molecule has 1 saturated heterocycles. The summed E-state index contributed by atoms with van der Waals surface area (Å²) in [4.78, 5) is 0. The van der Waals surface area contributed by atoms with Gasteiger partial charge in [-0.05, 0) is 25.7 Å². The van der Waals surface area contributed by atoms with Gasteiger partial charge >= 0.3 is 0 Å². The molecular formula is C18H34O5.